The van der Waals surface area contributed by atoms with Gasteiger partial charge in [-0.05, 0) is 67.1 Å². The third-order valence-corrected chi connectivity index (χ3v) is 9.77. The maximum Gasteiger partial charge on any atom is 0.416 e. The number of carbonyl (C=O) groups excluding carboxylic acids is 3. The minimum absolute atomic E-state index is 0.198. The number of benzene rings is 3. The standard InChI is InChI=1S/C31H23F4N3O6S2/c1-2-43-21-12-15(6-11-20(21)44-14-22(39)36-18-9-7-17(32)8-10-18)23-24-26(45-27-25(23)46-30(42)37-27)29(41)38(28(24)40)19-5-3-4-16(13-19)31(33,34)35/h3-13,23-24,26H,2,14H2,1H3,(H,36,39)(H,37,42)/t23-,24-,26+/m0/s1. The number of hydrogen-bond donors (Lipinski definition) is 2. The second-order valence-corrected chi connectivity index (χ2v) is 12.5. The summed E-state index contributed by atoms with van der Waals surface area (Å²) in [5.41, 5.74) is -0.341. The number of hydrogen-bond acceptors (Lipinski definition) is 8. The summed E-state index contributed by atoms with van der Waals surface area (Å²) in [6.45, 7) is 1.52. The Hall–Kier alpha value is -4.63. The number of nitrogens with zero attached hydrogens (tertiary/aromatic N) is 1. The van der Waals surface area contributed by atoms with Gasteiger partial charge in [0, 0.05) is 16.5 Å². The smallest absolute Gasteiger partial charge is 0.416 e. The van der Waals surface area contributed by atoms with E-state index in [0.717, 1.165) is 46.2 Å². The first kappa shape index (κ1) is 31.4. The van der Waals surface area contributed by atoms with E-state index in [1.54, 1.807) is 19.1 Å². The Morgan fingerprint density at radius 3 is 2.46 bits per heavy atom. The molecule has 1 aromatic heterocycles. The van der Waals surface area contributed by atoms with Crippen molar-refractivity contribution in [3.63, 3.8) is 0 Å². The number of carbonyl (C=O) groups is 3. The molecule has 3 amide bonds. The van der Waals surface area contributed by atoms with Gasteiger partial charge in [0.15, 0.2) is 18.1 Å². The zero-order valence-electron chi connectivity index (χ0n) is 23.7. The molecule has 1 fully saturated rings. The molecule has 15 heteroatoms. The first-order chi connectivity index (χ1) is 21.9. The van der Waals surface area contributed by atoms with Gasteiger partial charge in [0.2, 0.25) is 11.8 Å². The molecule has 2 aliphatic heterocycles. The first-order valence-corrected chi connectivity index (χ1v) is 15.5. The highest BCUT2D eigenvalue weighted by atomic mass is 32.2. The van der Waals surface area contributed by atoms with Gasteiger partial charge < -0.3 is 19.8 Å². The van der Waals surface area contributed by atoms with Crippen molar-refractivity contribution < 1.29 is 41.4 Å². The van der Waals surface area contributed by atoms with E-state index in [0.29, 0.717) is 21.2 Å². The van der Waals surface area contributed by atoms with E-state index < -0.39 is 63.8 Å². The lowest BCUT2D eigenvalue weighted by molar-refractivity contribution is -0.137. The molecule has 2 aliphatic rings. The maximum absolute atomic E-state index is 13.9. The van der Waals surface area contributed by atoms with Crippen molar-refractivity contribution in [3.05, 3.63) is 98.2 Å². The van der Waals surface area contributed by atoms with E-state index in [2.05, 4.69) is 10.3 Å². The summed E-state index contributed by atoms with van der Waals surface area (Å²) in [5, 5.41) is 1.96. The predicted octanol–water partition coefficient (Wildman–Crippen LogP) is 5.81. The van der Waals surface area contributed by atoms with Crippen LogP contribution in [0.5, 0.6) is 11.5 Å². The number of H-pyrrole nitrogens is 1. The largest absolute Gasteiger partial charge is 0.490 e. The zero-order chi connectivity index (χ0) is 32.7. The minimum atomic E-state index is -4.68. The third kappa shape index (κ3) is 5.99. The Labute approximate surface area is 266 Å². The molecule has 238 valence electrons. The molecule has 0 bridgehead atoms. The predicted molar refractivity (Wildman–Crippen MR) is 162 cm³/mol. The van der Waals surface area contributed by atoms with E-state index >= 15 is 0 Å². The van der Waals surface area contributed by atoms with Crippen molar-refractivity contribution in [1.29, 1.82) is 0 Å². The van der Waals surface area contributed by atoms with Crippen LogP contribution < -0.4 is 24.6 Å². The number of ether oxygens (including phenoxy) is 2. The number of anilines is 2. The average molecular weight is 674 g/mol. The summed E-state index contributed by atoms with van der Waals surface area (Å²) in [6, 6.07) is 13.9. The van der Waals surface area contributed by atoms with Crippen LogP contribution in [0.2, 0.25) is 0 Å². The van der Waals surface area contributed by atoms with Crippen molar-refractivity contribution in [3.8, 4) is 11.5 Å². The van der Waals surface area contributed by atoms with Crippen molar-refractivity contribution in [2.45, 2.75) is 29.3 Å². The highest BCUT2D eigenvalue weighted by Gasteiger charge is 2.56. The number of imide groups is 1. The molecule has 0 radical (unpaired) electrons. The summed E-state index contributed by atoms with van der Waals surface area (Å²) in [5.74, 6) is -3.82. The first-order valence-electron chi connectivity index (χ1n) is 13.8. The molecule has 3 heterocycles. The van der Waals surface area contributed by atoms with Crippen LogP contribution in [-0.2, 0) is 20.6 Å². The average Bonchev–Trinajstić information content (AvgIpc) is 3.51. The SMILES string of the molecule is CCOc1cc([C@@H]2c3sc(=O)[nH]c3S[C@H]3C(=O)N(c4cccc(C(F)(F)F)c4)C(=O)[C@@H]23)ccc1OCC(=O)Nc1ccc(F)cc1. The van der Waals surface area contributed by atoms with Crippen LogP contribution in [0.4, 0.5) is 28.9 Å². The number of aromatic nitrogens is 1. The van der Waals surface area contributed by atoms with Gasteiger partial charge in [-0.1, -0.05) is 35.2 Å². The normalized spacial score (nSPS) is 19.1. The molecule has 1 saturated heterocycles. The lowest BCUT2D eigenvalue weighted by Gasteiger charge is -2.30. The Morgan fingerprint density at radius 2 is 1.74 bits per heavy atom. The molecule has 0 saturated carbocycles. The molecule has 3 atom stereocenters. The molecule has 2 N–H and O–H groups in total. The molecule has 0 unspecified atom stereocenters. The highest BCUT2D eigenvalue weighted by molar-refractivity contribution is 8.00. The van der Waals surface area contributed by atoms with E-state index in [1.165, 1.54) is 36.4 Å². The number of rotatable bonds is 8. The second kappa shape index (κ2) is 12.3. The van der Waals surface area contributed by atoms with Gasteiger partial charge in [0.1, 0.15) is 11.1 Å². The van der Waals surface area contributed by atoms with E-state index in [9.17, 15) is 36.7 Å². The van der Waals surface area contributed by atoms with Gasteiger partial charge in [0.05, 0.1) is 28.8 Å². The summed E-state index contributed by atoms with van der Waals surface area (Å²) < 4.78 is 65.1. The maximum atomic E-state index is 13.9. The lowest BCUT2D eigenvalue weighted by Crippen LogP contribution is -2.32. The molecule has 46 heavy (non-hydrogen) atoms. The van der Waals surface area contributed by atoms with E-state index in [4.69, 9.17) is 9.47 Å². The number of nitrogens with one attached hydrogen (secondary N) is 2. The van der Waals surface area contributed by atoms with E-state index in [1.807, 2.05) is 0 Å². The summed E-state index contributed by atoms with van der Waals surface area (Å²) in [4.78, 5) is 56.1. The monoisotopic (exact) mass is 673 g/mol. The Bertz CT molecular complexity index is 1890. The third-order valence-electron chi connectivity index (χ3n) is 7.37. The van der Waals surface area contributed by atoms with Crippen LogP contribution in [0.3, 0.4) is 0 Å². The molecule has 6 rings (SSSR count). The van der Waals surface area contributed by atoms with Gasteiger partial charge in [-0.2, -0.15) is 13.2 Å². The Kier molecular flexibility index (Phi) is 8.37. The number of thioether (sulfide) groups is 1. The van der Waals surface area contributed by atoms with Gasteiger partial charge in [-0.25, -0.2) is 9.29 Å². The molecular weight excluding hydrogens is 650 g/mol. The quantitative estimate of drug-likeness (QED) is 0.179. The van der Waals surface area contributed by atoms with Crippen molar-refractivity contribution in [1.82, 2.24) is 4.98 Å². The summed E-state index contributed by atoms with van der Waals surface area (Å²) in [6.07, 6.45) is -4.68. The van der Waals surface area contributed by atoms with Crippen LogP contribution in [0, 0.1) is 11.7 Å². The van der Waals surface area contributed by atoms with Crippen LogP contribution >= 0.6 is 23.1 Å². The second-order valence-electron chi connectivity index (χ2n) is 10.3. The van der Waals surface area contributed by atoms with Crippen LogP contribution in [-0.4, -0.2) is 41.2 Å². The summed E-state index contributed by atoms with van der Waals surface area (Å²) in [7, 11) is 0. The van der Waals surface area contributed by atoms with Gasteiger partial charge >= 0.3 is 11.0 Å². The fourth-order valence-corrected chi connectivity index (χ4v) is 7.95. The van der Waals surface area contributed by atoms with Gasteiger partial charge in [0.25, 0.3) is 5.91 Å². The number of thiazole rings is 1. The van der Waals surface area contributed by atoms with Crippen LogP contribution in [0.1, 0.15) is 28.8 Å². The fraction of sp³-hybridized carbons (Fsp3) is 0.226. The van der Waals surface area contributed by atoms with Gasteiger partial charge in [-0.15, -0.1) is 0 Å². The summed E-state index contributed by atoms with van der Waals surface area (Å²) >= 11 is 1.87. The molecule has 9 nitrogen and oxygen atoms in total. The topological polar surface area (TPSA) is 118 Å². The fourth-order valence-electron chi connectivity index (χ4n) is 5.43. The Balaban J connectivity index is 1.32. The molecule has 4 aromatic rings. The number of halogens is 4. The lowest BCUT2D eigenvalue weighted by atomic mass is 9.83. The van der Waals surface area contributed by atoms with Crippen LogP contribution in [0.25, 0.3) is 0 Å². The Morgan fingerprint density at radius 1 is 0.978 bits per heavy atom. The molecular formula is C31H23F4N3O6S2. The molecule has 0 aliphatic carbocycles. The number of fused-ring (bicyclic) bond motifs is 2. The van der Waals surface area contributed by atoms with Crippen molar-refractivity contribution >= 4 is 52.2 Å². The van der Waals surface area contributed by atoms with Crippen LogP contribution in [0.15, 0.2) is 76.6 Å². The van der Waals surface area contributed by atoms with Gasteiger partial charge in [-0.3, -0.25) is 19.2 Å². The number of aromatic amines is 1. The van der Waals surface area contributed by atoms with Crippen molar-refractivity contribution in [2.24, 2.45) is 5.92 Å². The highest BCUT2D eigenvalue weighted by Crippen LogP contribution is 2.54. The number of alkyl halides is 3. The molecule has 0 spiro atoms. The van der Waals surface area contributed by atoms with E-state index in [-0.39, 0.29) is 23.8 Å². The molecule has 3 aromatic carbocycles. The van der Waals surface area contributed by atoms with Crippen molar-refractivity contribution in [2.75, 3.05) is 23.4 Å². The number of amides is 3. The zero-order valence-corrected chi connectivity index (χ0v) is 25.4. The minimum Gasteiger partial charge on any atom is -0.490 e.